The van der Waals surface area contributed by atoms with Gasteiger partial charge in [-0.1, -0.05) is 48.5 Å². The number of aliphatic carboxylic acids is 1. The van der Waals surface area contributed by atoms with Gasteiger partial charge in [0, 0.05) is 24.6 Å². The molecule has 0 radical (unpaired) electrons. The first-order valence-corrected chi connectivity index (χ1v) is 9.74. The molecule has 8 heteroatoms. The quantitative estimate of drug-likeness (QED) is 0.559. The molecule has 0 aromatic heterocycles. The monoisotopic (exact) mass is 441 g/mol. The standard InChI is InChI=1S/C24H18F3NO4/c1-28(22(23(29)30)17-10-20(26)21(27)11-19(17)25)24(31)32-12-18-15-8-4-2-6-13(15)14-7-3-5-9-16(14)18/h2-11,18,22H,12H2,1H3,(H,29,30). The summed E-state index contributed by atoms with van der Waals surface area (Å²) in [5, 5.41) is 9.54. The Labute approximate surface area is 181 Å². The Kier molecular flexibility index (Phi) is 5.61. The summed E-state index contributed by atoms with van der Waals surface area (Å²) < 4.78 is 46.4. The van der Waals surface area contributed by atoms with E-state index in [-0.39, 0.29) is 18.6 Å². The number of amides is 1. The summed E-state index contributed by atoms with van der Waals surface area (Å²) in [4.78, 5) is 25.0. The highest BCUT2D eigenvalue weighted by Gasteiger charge is 2.34. The number of likely N-dealkylation sites (N-methyl/N-ethyl adjacent to an activating group) is 1. The second-order valence-electron chi connectivity index (χ2n) is 7.44. The Morgan fingerprint density at radius 2 is 1.47 bits per heavy atom. The number of ether oxygens (including phenoxy) is 1. The molecule has 32 heavy (non-hydrogen) atoms. The fourth-order valence-electron chi connectivity index (χ4n) is 4.06. The Hall–Kier alpha value is -3.81. The largest absolute Gasteiger partial charge is 0.479 e. The lowest BCUT2D eigenvalue weighted by molar-refractivity contribution is -0.142. The van der Waals surface area contributed by atoms with Gasteiger partial charge >= 0.3 is 12.1 Å². The number of carbonyl (C=O) groups is 2. The van der Waals surface area contributed by atoms with Crippen molar-refractivity contribution in [3.8, 4) is 11.1 Å². The highest BCUT2D eigenvalue weighted by atomic mass is 19.2. The van der Waals surface area contributed by atoms with E-state index in [9.17, 15) is 27.9 Å². The second-order valence-corrected chi connectivity index (χ2v) is 7.44. The predicted molar refractivity (Wildman–Crippen MR) is 110 cm³/mol. The van der Waals surface area contributed by atoms with Gasteiger partial charge in [-0.25, -0.2) is 22.8 Å². The SMILES string of the molecule is CN(C(=O)OCC1c2ccccc2-c2ccccc21)C(C(=O)O)c1cc(F)c(F)cc1F. The van der Waals surface area contributed by atoms with E-state index < -0.39 is 41.1 Å². The maximum atomic E-state index is 14.2. The number of carbonyl (C=O) groups excluding carboxylic acids is 1. The van der Waals surface area contributed by atoms with Crippen molar-refractivity contribution >= 4 is 12.1 Å². The van der Waals surface area contributed by atoms with Gasteiger partial charge in [0.2, 0.25) is 0 Å². The molecule has 0 aliphatic heterocycles. The zero-order chi connectivity index (χ0) is 23.0. The van der Waals surface area contributed by atoms with Gasteiger partial charge < -0.3 is 9.84 Å². The topological polar surface area (TPSA) is 66.8 Å². The van der Waals surface area contributed by atoms with Gasteiger partial charge in [-0.05, 0) is 28.3 Å². The highest BCUT2D eigenvalue weighted by Crippen LogP contribution is 2.44. The molecule has 0 spiro atoms. The van der Waals surface area contributed by atoms with Crippen molar-refractivity contribution in [1.29, 1.82) is 0 Å². The van der Waals surface area contributed by atoms with Crippen LogP contribution < -0.4 is 0 Å². The number of rotatable bonds is 5. The third-order valence-electron chi connectivity index (χ3n) is 5.58. The summed E-state index contributed by atoms with van der Waals surface area (Å²) in [5.74, 6) is -6.05. The average Bonchev–Trinajstić information content (AvgIpc) is 3.09. The average molecular weight is 441 g/mol. The Morgan fingerprint density at radius 1 is 0.938 bits per heavy atom. The molecule has 0 fully saturated rings. The molecule has 3 aromatic carbocycles. The van der Waals surface area contributed by atoms with Crippen LogP contribution in [0.2, 0.25) is 0 Å². The molecule has 0 heterocycles. The molecular weight excluding hydrogens is 423 g/mol. The molecule has 3 aromatic rings. The van der Waals surface area contributed by atoms with Gasteiger partial charge in [0.1, 0.15) is 12.4 Å². The smallest absolute Gasteiger partial charge is 0.410 e. The minimum Gasteiger partial charge on any atom is -0.479 e. The van der Waals surface area contributed by atoms with Crippen molar-refractivity contribution in [2.75, 3.05) is 13.7 Å². The summed E-state index contributed by atoms with van der Waals surface area (Å²) >= 11 is 0. The van der Waals surface area contributed by atoms with Crippen LogP contribution in [0.5, 0.6) is 0 Å². The number of fused-ring (bicyclic) bond motifs is 3. The van der Waals surface area contributed by atoms with E-state index >= 15 is 0 Å². The third-order valence-corrected chi connectivity index (χ3v) is 5.58. The van der Waals surface area contributed by atoms with Crippen molar-refractivity contribution in [1.82, 2.24) is 4.90 Å². The molecule has 0 bridgehead atoms. The fraction of sp³-hybridized carbons (Fsp3) is 0.167. The molecule has 0 saturated carbocycles. The maximum absolute atomic E-state index is 14.2. The summed E-state index contributed by atoms with van der Waals surface area (Å²) in [6.45, 7) is -0.0796. The van der Waals surface area contributed by atoms with Crippen LogP contribution in [0, 0.1) is 17.5 Å². The third kappa shape index (κ3) is 3.68. The Morgan fingerprint density at radius 3 is 2.03 bits per heavy atom. The number of carboxylic acids is 1. The van der Waals surface area contributed by atoms with Gasteiger partial charge in [-0.15, -0.1) is 0 Å². The lowest BCUT2D eigenvalue weighted by atomic mass is 9.98. The van der Waals surface area contributed by atoms with E-state index in [1.165, 1.54) is 0 Å². The summed E-state index contributed by atoms with van der Waals surface area (Å²) in [7, 11) is 1.10. The van der Waals surface area contributed by atoms with Crippen LogP contribution in [0.1, 0.15) is 28.7 Å². The van der Waals surface area contributed by atoms with Gasteiger partial charge in [0.25, 0.3) is 0 Å². The zero-order valence-corrected chi connectivity index (χ0v) is 16.9. The second kappa shape index (κ2) is 8.37. The Balaban J connectivity index is 1.56. The minimum absolute atomic E-state index is 0.0796. The van der Waals surface area contributed by atoms with Crippen molar-refractivity contribution in [2.24, 2.45) is 0 Å². The van der Waals surface area contributed by atoms with Crippen molar-refractivity contribution in [3.05, 3.63) is 94.8 Å². The number of carboxylic acid groups (broad SMARTS) is 1. The van der Waals surface area contributed by atoms with Gasteiger partial charge in [0.05, 0.1) is 0 Å². The Bertz CT molecular complexity index is 1170. The molecule has 0 saturated heterocycles. The lowest BCUT2D eigenvalue weighted by Crippen LogP contribution is -2.37. The summed E-state index contributed by atoms with van der Waals surface area (Å²) in [6, 6.07) is 14.1. The van der Waals surface area contributed by atoms with E-state index in [1.807, 2.05) is 48.5 Å². The molecule has 1 aliphatic carbocycles. The van der Waals surface area contributed by atoms with E-state index in [0.717, 1.165) is 29.3 Å². The molecule has 1 amide bonds. The van der Waals surface area contributed by atoms with Crippen LogP contribution >= 0.6 is 0 Å². The summed E-state index contributed by atoms with van der Waals surface area (Å²) in [5.41, 5.74) is 3.28. The van der Waals surface area contributed by atoms with Gasteiger partial charge in [-0.3, -0.25) is 4.90 Å². The van der Waals surface area contributed by atoms with Crippen LogP contribution in [0.15, 0.2) is 60.7 Å². The lowest BCUT2D eigenvalue weighted by Gasteiger charge is -2.26. The van der Waals surface area contributed by atoms with Crippen LogP contribution in [0.4, 0.5) is 18.0 Å². The molecule has 1 aliphatic rings. The van der Waals surface area contributed by atoms with Gasteiger partial charge in [0.15, 0.2) is 17.7 Å². The number of benzene rings is 3. The number of hydrogen-bond acceptors (Lipinski definition) is 3. The van der Waals surface area contributed by atoms with Crippen molar-refractivity contribution in [2.45, 2.75) is 12.0 Å². The predicted octanol–water partition coefficient (Wildman–Crippen LogP) is 5.11. The first-order valence-electron chi connectivity index (χ1n) is 9.74. The van der Waals surface area contributed by atoms with E-state index in [4.69, 9.17) is 4.74 Å². The normalized spacial score (nSPS) is 13.2. The van der Waals surface area contributed by atoms with Crippen LogP contribution in [-0.2, 0) is 9.53 Å². The van der Waals surface area contributed by atoms with Gasteiger partial charge in [-0.2, -0.15) is 0 Å². The van der Waals surface area contributed by atoms with Crippen LogP contribution in [-0.4, -0.2) is 35.7 Å². The molecule has 1 unspecified atom stereocenters. The highest BCUT2D eigenvalue weighted by molar-refractivity contribution is 5.82. The van der Waals surface area contributed by atoms with E-state index in [0.29, 0.717) is 11.0 Å². The molecule has 5 nitrogen and oxygen atoms in total. The first kappa shape index (κ1) is 21.4. The minimum atomic E-state index is -1.90. The zero-order valence-electron chi connectivity index (χ0n) is 16.9. The van der Waals surface area contributed by atoms with E-state index in [1.54, 1.807) is 0 Å². The molecule has 164 valence electrons. The number of nitrogens with zero attached hydrogens (tertiary/aromatic N) is 1. The number of halogens is 3. The van der Waals surface area contributed by atoms with Crippen LogP contribution in [0.25, 0.3) is 11.1 Å². The number of hydrogen-bond donors (Lipinski definition) is 1. The van der Waals surface area contributed by atoms with E-state index in [2.05, 4.69) is 0 Å². The van der Waals surface area contributed by atoms with Crippen molar-refractivity contribution < 1.29 is 32.6 Å². The summed E-state index contributed by atoms with van der Waals surface area (Å²) in [6.07, 6.45) is -1.04. The molecule has 1 N–H and O–H groups in total. The molecule has 4 rings (SSSR count). The van der Waals surface area contributed by atoms with Crippen LogP contribution in [0.3, 0.4) is 0 Å². The van der Waals surface area contributed by atoms with Crippen molar-refractivity contribution in [3.63, 3.8) is 0 Å². The molecular formula is C24H18F3NO4. The molecule has 1 atom stereocenters. The maximum Gasteiger partial charge on any atom is 0.410 e. The first-order chi connectivity index (χ1) is 15.3. The fourth-order valence-corrected chi connectivity index (χ4v) is 4.06.